The van der Waals surface area contributed by atoms with Crippen LogP contribution in [0.15, 0.2) is 24.5 Å². The van der Waals surface area contributed by atoms with Gasteiger partial charge in [-0.1, -0.05) is 0 Å². The molecule has 0 saturated heterocycles. The minimum absolute atomic E-state index is 0.198. The van der Waals surface area contributed by atoms with Crippen molar-refractivity contribution in [3.63, 3.8) is 0 Å². The average molecular weight is 232 g/mol. The molecule has 0 bridgehead atoms. The first-order chi connectivity index (χ1) is 8.35. The van der Waals surface area contributed by atoms with E-state index in [0.29, 0.717) is 5.65 Å². The van der Waals surface area contributed by atoms with Gasteiger partial charge in [-0.15, -0.1) is 0 Å². The van der Waals surface area contributed by atoms with Gasteiger partial charge in [0, 0.05) is 32.1 Å². The molecule has 2 rings (SSSR count). The molecule has 0 aliphatic heterocycles. The topological polar surface area (TPSA) is 62.1 Å². The van der Waals surface area contributed by atoms with Gasteiger partial charge in [0.2, 0.25) is 0 Å². The summed E-state index contributed by atoms with van der Waals surface area (Å²) >= 11 is 0. The molecule has 0 spiro atoms. The van der Waals surface area contributed by atoms with Gasteiger partial charge in [-0.25, -0.2) is 9.97 Å². The van der Waals surface area contributed by atoms with E-state index >= 15 is 0 Å². The summed E-state index contributed by atoms with van der Waals surface area (Å²) in [5.41, 5.74) is 1.46. The number of fused-ring (bicyclic) bond motifs is 1. The van der Waals surface area contributed by atoms with Crippen molar-refractivity contribution in [1.82, 2.24) is 15.0 Å². The van der Waals surface area contributed by atoms with E-state index in [4.69, 9.17) is 5.11 Å². The van der Waals surface area contributed by atoms with Crippen LogP contribution in [0.3, 0.4) is 0 Å². The summed E-state index contributed by atoms with van der Waals surface area (Å²) in [5, 5.41) is 8.86. The maximum absolute atomic E-state index is 8.86. The second-order valence-electron chi connectivity index (χ2n) is 3.73. The summed E-state index contributed by atoms with van der Waals surface area (Å²) in [6.07, 6.45) is 4.05. The quantitative estimate of drug-likeness (QED) is 0.840. The van der Waals surface area contributed by atoms with Crippen molar-refractivity contribution in [1.29, 1.82) is 0 Å². The molecular weight excluding hydrogens is 216 g/mol. The summed E-state index contributed by atoms with van der Waals surface area (Å²) in [4.78, 5) is 15.0. The van der Waals surface area contributed by atoms with Gasteiger partial charge in [-0.05, 0) is 25.5 Å². The molecule has 0 aliphatic carbocycles. The van der Waals surface area contributed by atoms with Crippen LogP contribution in [-0.4, -0.2) is 39.8 Å². The molecule has 2 aromatic heterocycles. The van der Waals surface area contributed by atoms with E-state index in [1.54, 1.807) is 12.4 Å². The fourth-order valence-corrected chi connectivity index (χ4v) is 1.72. The Kier molecular flexibility index (Phi) is 3.82. The van der Waals surface area contributed by atoms with Gasteiger partial charge in [-0.3, -0.25) is 4.98 Å². The molecule has 0 aromatic carbocycles. The SMILES string of the molecule is CCN(CCCO)c1ccc2nccnc2n1. The zero-order valence-corrected chi connectivity index (χ0v) is 9.87. The number of aliphatic hydroxyl groups is 1. The minimum atomic E-state index is 0.198. The predicted molar refractivity (Wildman–Crippen MR) is 66.9 cm³/mol. The molecule has 0 saturated carbocycles. The Morgan fingerprint density at radius 2 is 2.06 bits per heavy atom. The normalized spacial score (nSPS) is 10.7. The Bertz CT molecular complexity index is 489. The lowest BCUT2D eigenvalue weighted by atomic mass is 10.3. The lowest BCUT2D eigenvalue weighted by Gasteiger charge is -2.21. The number of anilines is 1. The molecule has 90 valence electrons. The Morgan fingerprint density at radius 3 is 2.82 bits per heavy atom. The zero-order chi connectivity index (χ0) is 12.1. The number of aromatic nitrogens is 3. The Morgan fingerprint density at radius 1 is 1.24 bits per heavy atom. The van der Waals surface area contributed by atoms with Crippen LogP contribution in [-0.2, 0) is 0 Å². The molecule has 17 heavy (non-hydrogen) atoms. The minimum Gasteiger partial charge on any atom is -0.396 e. The van der Waals surface area contributed by atoms with Gasteiger partial charge < -0.3 is 10.0 Å². The molecule has 5 nitrogen and oxygen atoms in total. The lowest BCUT2D eigenvalue weighted by Crippen LogP contribution is -2.25. The van der Waals surface area contributed by atoms with Crippen molar-refractivity contribution < 1.29 is 5.11 Å². The van der Waals surface area contributed by atoms with Crippen LogP contribution in [0.5, 0.6) is 0 Å². The average Bonchev–Trinajstić information content (AvgIpc) is 2.39. The molecule has 0 radical (unpaired) electrons. The van der Waals surface area contributed by atoms with Gasteiger partial charge in [0.25, 0.3) is 0 Å². The van der Waals surface area contributed by atoms with Gasteiger partial charge in [-0.2, -0.15) is 0 Å². The first-order valence-corrected chi connectivity index (χ1v) is 5.78. The standard InChI is InChI=1S/C12H16N4O/c1-2-16(8-3-9-17)11-5-4-10-12(15-11)14-7-6-13-10/h4-7,17H,2-3,8-9H2,1H3. The number of aliphatic hydroxyl groups excluding tert-OH is 1. The zero-order valence-electron chi connectivity index (χ0n) is 9.87. The molecule has 0 aliphatic rings. The van der Waals surface area contributed by atoms with Crippen molar-refractivity contribution in [3.05, 3.63) is 24.5 Å². The van der Waals surface area contributed by atoms with E-state index in [0.717, 1.165) is 30.8 Å². The highest BCUT2D eigenvalue weighted by Crippen LogP contribution is 2.14. The lowest BCUT2D eigenvalue weighted by molar-refractivity contribution is 0.289. The number of hydrogen-bond acceptors (Lipinski definition) is 5. The summed E-state index contributed by atoms with van der Waals surface area (Å²) in [7, 11) is 0. The van der Waals surface area contributed by atoms with Crippen LogP contribution in [0, 0.1) is 0 Å². The molecule has 2 aromatic rings. The third-order valence-electron chi connectivity index (χ3n) is 2.61. The van der Waals surface area contributed by atoms with E-state index in [2.05, 4.69) is 26.8 Å². The van der Waals surface area contributed by atoms with Crippen molar-refractivity contribution in [2.75, 3.05) is 24.6 Å². The van der Waals surface area contributed by atoms with Crippen molar-refractivity contribution in [2.24, 2.45) is 0 Å². The highest BCUT2D eigenvalue weighted by Gasteiger charge is 2.06. The second-order valence-corrected chi connectivity index (χ2v) is 3.73. The van der Waals surface area contributed by atoms with E-state index in [1.165, 1.54) is 0 Å². The number of pyridine rings is 1. The Balaban J connectivity index is 2.27. The number of hydrogen-bond donors (Lipinski definition) is 1. The van der Waals surface area contributed by atoms with Crippen LogP contribution in [0.2, 0.25) is 0 Å². The highest BCUT2D eigenvalue weighted by atomic mass is 16.3. The predicted octanol–water partition coefficient (Wildman–Crippen LogP) is 1.23. The molecule has 0 unspecified atom stereocenters. The Hall–Kier alpha value is -1.75. The van der Waals surface area contributed by atoms with Crippen molar-refractivity contribution in [3.8, 4) is 0 Å². The van der Waals surface area contributed by atoms with Crippen molar-refractivity contribution >= 4 is 17.0 Å². The van der Waals surface area contributed by atoms with Crippen LogP contribution in [0.4, 0.5) is 5.82 Å². The Labute approximate surface area is 100 Å². The fraction of sp³-hybridized carbons (Fsp3) is 0.417. The molecule has 5 heteroatoms. The largest absolute Gasteiger partial charge is 0.396 e. The highest BCUT2D eigenvalue weighted by molar-refractivity contribution is 5.71. The first-order valence-electron chi connectivity index (χ1n) is 5.78. The van der Waals surface area contributed by atoms with Gasteiger partial charge in [0.15, 0.2) is 5.65 Å². The second kappa shape index (κ2) is 5.54. The maximum atomic E-state index is 8.86. The first kappa shape index (κ1) is 11.7. The molecule has 0 fully saturated rings. The fourth-order valence-electron chi connectivity index (χ4n) is 1.72. The monoisotopic (exact) mass is 232 g/mol. The van der Waals surface area contributed by atoms with Gasteiger partial charge in [0.1, 0.15) is 11.3 Å². The summed E-state index contributed by atoms with van der Waals surface area (Å²) in [6, 6.07) is 3.87. The summed E-state index contributed by atoms with van der Waals surface area (Å²) in [5.74, 6) is 0.883. The third kappa shape index (κ3) is 2.68. The van der Waals surface area contributed by atoms with E-state index in [1.807, 2.05) is 12.1 Å². The van der Waals surface area contributed by atoms with Crippen LogP contribution in [0.25, 0.3) is 11.2 Å². The van der Waals surface area contributed by atoms with Crippen LogP contribution in [0.1, 0.15) is 13.3 Å². The molecule has 1 N–H and O–H groups in total. The molecule has 2 heterocycles. The number of rotatable bonds is 5. The van der Waals surface area contributed by atoms with Crippen LogP contribution >= 0.6 is 0 Å². The van der Waals surface area contributed by atoms with Crippen LogP contribution < -0.4 is 4.90 Å². The third-order valence-corrected chi connectivity index (χ3v) is 2.61. The van der Waals surface area contributed by atoms with Crippen molar-refractivity contribution in [2.45, 2.75) is 13.3 Å². The summed E-state index contributed by atoms with van der Waals surface area (Å²) in [6.45, 7) is 3.92. The van der Waals surface area contributed by atoms with E-state index < -0.39 is 0 Å². The summed E-state index contributed by atoms with van der Waals surface area (Å²) < 4.78 is 0. The smallest absolute Gasteiger partial charge is 0.180 e. The number of nitrogens with zero attached hydrogens (tertiary/aromatic N) is 4. The molecule has 0 atom stereocenters. The van der Waals surface area contributed by atoms with E-state index in [9.17, 15) is 0 Å². The van der Waals surface area contributed by atoms with E-state index in [-0.39, 0.29) is 6.61 Å². The van der Waals surface area contributed by atoms with Gasteiger partial charge in [0.05, 0.1) is 0 Å². The van der Waals surface area contributed by atoms with Gasteiger partial charge >= 0.3 is 0 Å². The molecule has 0 amide bonds. The maximum Gasteiger partial charge on any atom is 0.180 e. The molecular formula is C12H16N4O.